The second-order valence-corrected chi connectivity index (χ2v) is 6.24. The van der Waals surface area contributed by atoms with Gasteiger partial charge in [0.2, 0.25) is 0 Å². The molecule has 0 aliphatic heterocycles. The molecule has 0 saturated carbocycles. The maximum absolute atomic E-state index is 12.4. The number of H-pyrrole nitrogens is 1. The summed E-state index contributed by atoms with van der Waals surface area (Å²) >= 11 is 0. The average Bonchev–Trinajstić information content (AvgIpc) is 3.13. The van der Waals surface area contributed by atoms with E-state index < -0.39 is 0 Å². The molecule has 2 N–H and O–H groups in total. The minimum atomic E-state index is -0.266. The van der Waals surface area contributed by atoms with Crippen molar-refractivity contribution in [1.82, 2.24) is 15.4 Å². The van der Waals surface area contributed by atoms with E-state index in [9.17, 15) is 4.79 Å². The van der Waals surface area contributed by atoms with Gasteiger partial charge >= 0.3 is 0 Å². The molecule has 0 aliphatic rings. The largest absolute Gasteiger partial charge is 0.338 e. The summed E-state index contributed by atoms with van der Waals surface area (Å²) in [6.07, 6.45) is 1.65. The van der Waals surface area contributed by atoms with Crippen molar-refractivity contribution in [2.24, 2.45) is 5.10 Å². The third kappa shape index (κ3) is 3.62. The van der Waals surface area contributed by atoms with Crippen molar-refractivity contribution >= 4 is 23.2 Å². The van der Waals surface area contributed by atoms with E-state index in [1.807, 2.05) is 67.6 Å². The van der Waals surface area contributed by atoms with E-state index in [0.717, 1.165) is 33.5 Å². The normalized spacial score (nSPS) is 11.1. The standard InChI is InChI=1S/C22H18N4O/c1-15-7-5-6-10-18(15)14-23-26-22(27)17-11-12-19-20(13-17)25-21(24-19)16-8-3-2-4-9-16/h2-14H,1H3,(H,24,25)(H,26,27)/b23-14+. The predicted molar refractivity (Wildman–Crippen MR) is 108 cm³/mol. The highest BCUT2D eigenvalue weighted by Crippen LogP contribution is 2.21. The van der Waals surface area contributed by atoms with E-state index in [4.69, 9.17) is 0 Å². The van der Waals surface area contributed by atoms with Gasteiger partial charge in [0.25, 0.3) is 5.91 Å². The summed E-state index contributed by atoms with van der Waals surface area (Å²) in [6.45, 7) is 2.00. The third-order valence-electron chi connectivity index (χ3n) is 4.35. The lowest BCUT2D eigenvalue weighted by molar-refractivity contribution is 0.0955. The average molecular weight is 354 g/mol. The van der Waals surface area contributed by atoms with Crippen LogP contribution in [0.25, 0.3) is 22.4 Å². The Kier molecular flexibility index (Phi) is 4.49. The van der Waals surface area contributed by atoms with Crippen molar-refractivity contribution in [3.05, 3.63) is 89.5 Å². The van der Waals surface area contributed by atoms with Gasteiger partial charge in [-0.15, -0.1) is 0 Å². The number of amides is 1. The molecule has 0 saturated heterocycles. The number of hydrogen-bond donors (Lipinski definition) is 2. The molecule has 27 heavy (non-hydrogen) atoms. The van der Waals surface area contributed by atoms with E-state index in [2.05, 4.69) is 20.5 Å². The number of imidazole rings is 1. The van der Waals surface area contributed by atoms with Crippen molar-refractivity contribution in [3.63, 3.8) is 0 Å². The Bertz CT molecular complexity index is 1130. The molecule has 132 valence electrons. The summed E-state index contributed by atoms with van der Waals surface area (Å²) in [5.41, 5.74) is 7.79. The molecule has 0 bridgehead atoms. The Morgan fingerprint density at radius 3 is 2.63 bits per heavy atom. The lowest BCUT2D eigenvalue weighted by atomic mass is 10.1. The molecule has 0 atom stereocenters. The fraction of sp³-hybridized carbons (Fsp3) is 0.0455. The van der Waals surface area contributed by atoms with Crippen molar-refractivity contribution in [3.8, 4) is 11.4 Å². The number of aryl methyl sites for hydroxylation is 1. The van der Waals surface area contributed by atoms with Gasteiger partial charge in [-0.2, -0.15) is 5.10 Å². The summed E-state index contributed by atoms with van der Waals surface area (Å²) in [5, 5.41) is 4.06. The molecule has 0 unspecified atom stereocenters. The van der Waals surface area contributed by atoms with Gasteiger partial charge in [0.15, 0.2) is 0 Å². The number of rotatable bonds is 4. The second kappa shape index (κ2) is 7.25. The molecule has 3 aromatic carbocycles. The lowest BCUT2D eigenvalue weighted by Crippen LogP contribution is -2.17. The number of benzene rings is 3. The van der Waals surface area contributed by atoms with Gasteiger partial charge in [0, 0.05) is 11.1 Å². The molecule has 1 amide bonds. The first kappa shape index (κ1) is 16.7. The number of aromatic nitrogens is 2. The van der Waals surface area contributed by atoms with Crippen molar-refractivity contribution < 1.29 is 4.79 Å². The van der Waals surface area contributed by atoms with Crippen LogP contribution in [-0.4, -0.2) is 22.1 Å². The van der Waals surface area contributed by atoms with E-state index in [-0.39, 0.29) is 5.91 Å². The minimum Gasteiger partial charge on any atom is -0.338 e. The molecular weight excluding hydrogens is 336 g/mol. The van der Waals surface area contributed by atoms with Crippen LogP contribution in [0.1, 0.15) is 21.5 Å². The van der Waals surface area contributed by atoms with Crippen LogP contribution in [0, 0.1) is 6.92 Å². The monoisotopic (exact) mass is 354 g/mol. The van der Waals surface area contributed by atoms with Crippen LogP contribution in [0.2, 0.25) is 0 Å². The topological polar surface area (TPSA) is 70.1 Å². The lowest BCUT2D eigenvalue weighted by Gasteiger charge is -2.01. The Balaban J connectivity index is 1.53. The molecule has 1 heterocycles. The van der Waals surface area contributed by atoms with E-state index in [0.29, 0.717) is 5.56 Å². The van der Waals surface area contributed by atoms with Crippen molar-refractivity contribution in [2.75, 3.05) is 0 Å². The zero-order chi connectivity index (χ0) is 18.6. The maximum atomic E-state index is 12.4. The highest BCUT2D eigenvalue weighted by atomic mass is 16.2. The molecule has 5 heteroatoms. The van der Waals surface area contributed by atoms with Crippen LogP contribution in [0.3, 0.4) is 0 Å². The SMILES string of the molecule is Cc1ccccc1/C=N/NC(=O)c1ccc2nc(-c3ccccc3)[nH]c2c1. The minimum absolute atomic E-state index is 0.266. The highest BCUT2D eigenvalue weighted by molar-refractivity contribution is 5.98. The van der Waals surface area contributed by atoms with Crippen LogP contribution in [-0.2, 0) is 0 Å². The summed E-state index contributed by atoms with van der Waals surface area (Å²) in [5.74, 6) is 0.512. The zero-order valence-corrected chi connectivity index (χ0v) is 14.8. The van der Waals surface area contributed by atoms with E-state index >= 15 is 0 Å². The molecule has 4 rings (SSSR count). The van der Waals surface area contributed by atoms with Gasteiger partial charge in [-0.1, -0.05) is 54.6 Å². The molecular formula is C22H18N4O. The first-order valence-corrected chi connectivity index (χ1v) is 8.65. The number of carbonyl (C=O) groups is 1. The van der Waals surface area contributed by atoms with Crippen LogP contribution in [0.4, 0.5) is 0 Å². The van der Waals surface area contributed by atoms with E-state index in [1.165, 1.54) is 0 Å². The molecule has 0 fully saturated rings. The van der Waals surface area contributed by atoms with Crippen LogP contribution in [0.15, 0.2) is 77.9 Å². The Labute approximate surface area is 156 Å². The predicted octanol–water partition coefficient (Wildman–Crippen LogP) is 4.30. The number of aromatic amines is 1. The molecule has 1 aromatic heterocycles. The number of nitrogens with one attached hydrogen (secondary N) is 2. The van der Waals surface area contributed by atoms with Gasteiger partial charge in [-0.05, 0) is 36.2 Å². The number of fused-ring (bicyclic) bond motifs is 1. The van der Waals surface area contributed by atoms with Crippen molar-refractivity contribution in [2.45, 2.75) is 6.92 Å². The smallest absolute Gasteiger partial charge is 0.271 e. The zero-order valence-electron chi connectivity index (χ0n) is 14.8. The first-order valence-electron chi connectivity index (χ1n) is 8.65. The Morgan fingerprint density at radius 1 is 1.04 bits per heavy atom. The molecule has 0 spiro atoms. The second-order valence-electron chi connectivity index (χ2n) is 6.24. The Hall–Kier alpha value is -3.73. The fourth-order valence-corrected chi connectivity index (χ4v) is 2.84. The molecule has 0 aliphatic carbocycles. The highest BCUT2D eigenvalue weighted by Gasteiger charge is 2.09. The van der Waals surface area contributed by atoms with Crippen molar-refractivity contribution in [1.29, 1.82) is 0 Å². The van der Waals surface area contributed by atoms with Gasteiger partial charge in [0.1, 0.15) is 5.82 Å². The maximum Gasteiger partial charge on any atom is 0.271 e. The summed E-state index contributed by atoms with van der Waals surface area (Å²) < 4.78 is 0. The van der Waals surface area contributed by atoms with Gasteiger partial charge < -0.3 is 4.98 Å². The van der Waals surface area contributed by atoms with Gasteiger partial charge in [0.05, 0.1) is 17.2 Å². The number of hydrogen-bond acceptors (Lipinski definition) is 3. The summed E-state index contributed by atoms with van der Waals surface area (Å²) in [4.78, 5) is 20.2. The van der Waals surface area contributed by atoms with Gasteiger partial charge in [-0.25, -0.2) is 10.4 Å². The summed E-state index contributed by atoms with van der Waals surface area (Å²) in [7, 11) is 0. The van der Waals surface area contributed by atoms with Crippen LogP contribution < -0.4 is 5.43 Å². The number of nitrogens with zero attached hydrogens (tertiary/aromatic N) is 2. The van der Waals surface area contributed by atoms with Gasteiger partial charge in [-0.3, -0.25) is 4.79 Å². The van der Waals surface area contributed by atoms with Crippen LogP contribution >= 0.6 is 0 Å². The fourth-order valence-electron chi connectivity index (χ4n) is 2.84. The molecule has 5 nitrogen and oxygen atoms in total. The number of carbonyl (C=O) groups excluding carboxylic acids is 1. The quantitative estimate of drug-likeness (QED) is 0.424. The summed E-state index contributed by atoms with van der Waals surface area (Å²) in [6, 6.07) is 23.1. The molecule has 0 radical (unpaired) electrons. The number of hydrazone groups is 1. The third-order valence-corrected chi connectivity index (χ3v) is 4.35. The molecule has 4 aromatic rings. The Morgan fingerprint density at radius 2 is 1.81 bits per heavy atom. The first-order chi connectivity index (χ1) is 13.2. The van der Waals surface area contributed by atoms with E-state index in [1.54, 1.807) is 18.3 Å². The van der Waals surface area contributed by atoms with Crippen LogP contribution in [0.5, 0.6) is 0 Å².